The molecule has 2 atom stereocenters. The average Bonchev–Trinajstić information content (AvgIpc) is 2.85. The van der Waals surface area contributed by atoms with Crippen molar-refractivity contribution in [1.82, 2.24) is 10.6 Å². The molecule has 11 heteroatoms. The number of hydrogen-bond donors (Lipinski definition) is 3. The highest BCUT2D eigenvalue weighted by atomic mass is 16.4. The number of benzene rings is 2. The minimum atomic E-state index is -1.28. The van der Waals surface area contributed by atoms with E-state index >= 15 is 0 Å². The lowest BCUT2D eigenvalue weighted by Crippen LogP contribution is -2.55. The predicted molar refractivity (Wildman–Crippen MR) is 134 cm³/mol. The van der Waals surface area contributed by atoms with Gasteiger partial charge in [0, 0.05) is 13.5 Å². The van der Waals surface area contributed by atoms with Gasteiger partial charge in [-0.2, -0.15) is 0 Å². The van der Waals surface area contributed by atoms with Crippen molar-refractivity contribution in [1.29, 1.82) is 0 Å². The Morgan fingerprint density at radius 3 is 2.30 bits per heavy atom. The number of carboxylic acid groups (broad SMARTS) is 1. The number of aliphatic carboxylic acids is 1. The number of aldehydes is 1. The lowest BCUT2D eigenvalue weighted by Gasteiger charge is -2.35. The van der Waals surface area contributed by atoms with E-state index in [9.17, 15) is 28.8 Å². The molecule has 3 rings (SSSR count). The van der Waals surface area contributed by atoms with E-state index in [1.807, 2.05) is 6.07 Å². The van der Waals surface area contributed by atoms with Gasteiger partial charge in [-0.1, -0.05) is 42.5 Å². The van der Waals surface area contributed by atoms with Crippen LogP contribution in [0.1, 0.15) is 25.3 Å². The molecular weight excluding hydrogens is 480 g/mol. The second-order valence-corrected chi connectivity index (χ2v) is 8.56. The van der Waals surface area contributed by atoms with Crippen LogP contribution in [0.4, 0.5) is 11.4 Å². The molecule has 1 aliphatic heterocycles. The minimum Gasteiger partial charge on any atom is -0.481 e. The maximum Gasteiger partial charge on any atom is 0.305 e. The van der Waals surface area contributed by atoms with Crippen LogP contribution in [0.15, 0.2) is 54.6 Å². The third-order valence-corrected chi connectivity index (χ3v) is 5.80. The standard InChI is InChI=1S/C26H28N4O7/c1-17(32)29-12-11-20(28-23(33)13-18-7-3-2-4-8-18)26(37)30(22-10-6-5-9-21(22)29)15-24(34)27-19(16-31)14-25(35)36/h2-10,16,19-20H,11-15H2,1H3,(H,27,34)(H,28,33)(H,35,36)/t19-,20-/m0/s1. The van der Waals surface area contributed by atoms with E-state index in [0.717, 1.165) is 10.5 Å². The summed E-state index contributed by atoms with van der Waals surface area (Å²) in [6, 6.07) is 13.2. The van der Waals surface area contributed by atoms with Crippen LogP contribution in [0.2, 0.25) is 0 Å². The third kappa shape index (κ3) is 7.23. The number of carboxylic acids is 1. The molecule has 0 bridgehead atoms. The quantitative estimate of drug-likeness (QED) is 0.421. The molecule has 0 aliphatic carbocycles. The van der Waals surface area contributed by atoms with Gasteiger partial charge in [-0.3, -0.25) is 28.9 Å². The Balaban J connectivity index is 1.90. The lowest BCUT2D eigenvalue weighted by atomic mass is 10.1. The number of carbonyl (C=O) groups excluding carboxylic acids is 5. The molecule has 0 saturated carbocycles. The van der Waals surface area contributed by atoms with Crippen LogP contribution in [-0.4, -0.2) is 66.2 Å². The van der Waals surface area contributed by atoms with E-state index in [0.29, 0.717) is 12.0 Å². The molecule has 1 aliphatic rings. The molecule has 0 radical (unpaired) electrons. The fraction of sp³-hybridized carbons (Fsp3) is 0.308. The largest absolute Gasteiger partial charge is 0.481 e. The molecule has 0 aromatic heterocycles. The molecular formula is C26H28N4O7. The number of hydrogen-bond acceptors (Lipinski definition) is 6. The monoisotopic (exact) mass is 508 g/mol. The van der Waals surface area contributed by atoms with Gasteiger partial charge in [-0.15, -0.1) is 0 Å². The first kappa shape index (κ1) is 27.1. The van der Waals surface area contributed by atoms with Crippen molar-refractivity contribution in [3.05, 3.63) is 60.2 Å². The zero-order chi connectivity index (χ0) is 26.9. The van der Waals surface area contributed by atoms with Gasteiger partial charge in [0.15, 0.2) is 0 Å². The molecule has 194 valence electrons. The Bertz CT molecular complexity index is 1180. The number of para-hydroxylation sites is 2. The highest BCUT2D eigenvalue weighted by Gasteiger charge is 2.34. The Hall–Kier alpha value is -4.54. The van der Waals surface area contributed by atoms with Gasteiger partial charge in [0.25, 0.3) is 0 Å². The Morgan fingerprint density at radius 2 is 1.68 bits per heavy atom. The summed E-state index contributed by atoms with van der Waals surface area (Å²) in [5.74, 6) is -3.31. The van der Waals surface area contributed by atoms with Crippen molar-refractivity contribution in [3.63, 3.8) is 0 Å². The molecule has 0 spiro atoms. The second kappa shape index (κ2) is 12.4. The number of rotatable bonds is 9. The Labute approximate surface area is 213 Å². The van der Waals surface area contributed by atoms with Crippen LogP contribution >= 0.6 is 0 Å². The van der Waals surface area contributed by atoms with Gasteiger partial charge in [-0.05, 0) is 24.1 Å². The van der Waals surface area contributed by atoms with Crippen LogP contribution in [0.5, 0.6) is 0 Å². The van der Waals surface area contributed by atoms with E-state index < -0.39 is 48.7 Å². The van der Waals surface area contributed by atoms with Crippen molar-refractivity contribution in [2.24, 2.45) is 0 Å². The van der Waals surface area contributed by atoms with Crippen molar-refractivity contribution >= 4 is 47.3 Å². The predicted octanol–water partition coefficient (Wildman–Crippen LogP) is 0.662. The molecule has 0 saturated heterocycles. The van der Waals surface area contributed by atoms with Crippen LogP contribution in [0.25, 0.3) is 0 Å². The number of carbonyl (C=O) groups is 6. The molecule has 4 amide bonds. The van der Waals surface area contributed by atoms with E-state index in [2.05, 4.69) is 10.6 Å². The van der Waals surface area contributed by atoms with Crippen molar-refractivity contribution in [2.75, 3.05) is 22.9 Å². The number of nitrogens with one attached hydrogen (secondary N) is 2. The highest BCUT2D eigenvalue weighted by molar-refractivity contribution is 6.08. The van der Waals surface area contributed by atoms with Crippen molar-refractivity contribution < 1.29 is 33.9 Å². The fourth-order valence-corrected chi connectivity index (χ4v) is 4.10. The topological polar surface area (TPSA) is 153 Å². The van der Waals surface area contributed by atoms with E-state index in [1.54, 1.807) is 48.5 Å². The van der Waals surface area contributed by atoms with Gasteiger partial charge in [0.1, 0.15) is 18.9 Å². The summed E-state index contributed by atoms with van der Waals surface area (Å²) in [5, 5.41) is 14.0. The first-order valence-corrected chi connectivity index (χ1v) is 11.7. The van der Waals surface area contributed by atoms with Crippen molar-refractivity contribution in [3.8, 4) is 0 Å². The first-order chi connectivity index (χ1) is 17.7. The van der Waals surface area contributed by atoms with Crippen LogP contribution in [0.3, 0.4) is 0 Å². The van der Waals surface area contributed by atoms with Crippen LogP contribution in [-0.2, 0) is 35.2 Å². The third-order valence-electron chi connectivity index (χ3n) is 5.80. The fourth-order valence-electron chi connectivity index (χ4n) is 4.10. The molecule has 0 unspecified atom stereocenters. The van der Waals surface area contributed by atoms with Crippen molar-refractivity contribution in [2.45, 2.75) is 38.3 Å². The van der Waals surface area contributed by atoms with Crippen LogP contribution in [0, 0.1) is 0 Å². The summed E-state index contributed by atoms with van der Waals surface area (Å²) in [6.07, 6.45) is -0.176. The summed E-state index contributed by atoms with van der Waals surface area (Å²) in [7, 11) is 0. The first-order valence-electron chi connectivity index (χ1n) is 11.7. The molecule has 3 N–H and O–H groups in total. The zero-order valence-corrected chi connectivity index (χ0v) is 20.3. The summed E-state index contributed by atoms with van der Waals surface area (Å²) >= 11 is 0. The number of amides is 4. The summed E-state index contributed by atoms with van der Waals surface area (Å²) in [5.41, 5.74) is 1.42. The Kier molecular flexibility index (Phi) is 9.09. The SMILES string of the molecule is CC(=O)N1CC[C@H](NC(=O)Cc2ccccc2)C(=O)N(CC(=O)N[C@H](C=O)CC(=O)O)c2ccccc21. The van der Waals surface area contributed by atoms with Crippen LogP contribution < -0.4 is 20.4 Å². The summed E-state index contributed by atoms with van der Waals surface area (Å²) in [6.45, 7) is 0.970. The van der Waals surface area contributed by atoms with Gasteiger partial charge < -0.3 is 25.4 Å². The highest BCUT2D eigenvalue weighted by Crippen LogP contribution is 2.32. The smallest absolute Gasteiger partial charge is 0.305 e. The lowest BCUT2D eigenvalue weighted by molar-refractivity contribution is -0.139. The molecule has 2 aromatic carbocycles. The van der Waals surface area contributed by atoms with Gasteiger partial charge in [0.05, 0.1) is 30.3 Å². The van der Waals surface area contributed by atoms with Gasteiger partial charge >= 0.3 is 5.97 Å². The second-order valence-electron chi connectivity index (χ2n) is 8.56. The number of fused-ring (bicyclic) bond motifs is 1. The Morgan fingerprint density at radius 1 is 1.03 bits per heavy atom. The molecule has 1 heterocycles. The zero-order valence-electron chi connectivity index (χ0n) is 20.3. The molecule has 0 fully saturated rings. The molecule has 11 nitrogen and oxygen atoms in total. The summed E-state index contributed by atoms with van der Waals surface area (Å²) in [4.78, 5) is 76.4. The minimum absolute atomic E-state index is 0.0360. The summed E-state index contributed by atoms with van der Waals surface area (Å²) < 4.78 is 0. The number of anilines is 2. The van der Waals surface area contributed by atoms with E-state index in [-0.39, 0.29) is 31.0 Å². The average molecular weight is 509 g/mol. The van der Waals surface area contributed by atoms with Gasteiger partial charge in [0.2, 0.25) is 23.6 Å². The van der Waals surface area contributed by atoms with E-state index in [1.165, 1.54) is 11.8 Å². The number of nitrogens with zero attached hydrogens (tertiary/aromatic N) is 2. The maximum atomic E-state index is 13.7. The molecule has 2 aromatic rings. The maximum absolute atomic E-state index is 13.7. The molecule has 37 heavy (non-hydrogen) atoms. The van der Waals surface area contributed by atoms with Gasteiger partial charge in [-0.25, -0.2) is 0 Å². The van der Waals surface area contributed by atoms with E-state index in [4.69, 9.17) is 5.11 Å². The normalized spacial score (nSPS) is 16.0.